The Bertz CT molecular complexity index is 491. The molecule has 2 aromatic rings. The normalized spacial score (nSPS) is 12.4. The molecular weight excluding hydrogens is 240 g/mol. The van der Waals surface area contributed by atoms with E-state index in [2.05, 4.69) is 54.8 Å². The molecule has 0 radical (unpaired) electrons. The fraction of sp³-hybridized carbons (Fsp3) is 0.200. The Labute approximate surface area is 112 Å². The monoisotopic (exact) mass is 258 g/mol. The molecule has 1 unspecified atom stereocenters. The van der Waals surface area contributed by atoms with Gasteiger partial charge in [0.15, 0.2) is 0 Å². The second-order valence-electron chi connectivity index (χ2n) is 4.19. The maximum absolute atomic E-state index is 5.89. The molecular formula is C15H18N2S. The molecule has 0 fully saturated rings. The van der Waals surface area contributed by atoms with Crippen molar-refractivity contribution in [1.82, 2.24) is 0 Å². The zero-order chi connectivity index (χ0) is 13.0. The van der Waals surface area contributed by atoms with Gasteiger partial charge in [-0.05, 0) is 35.1 Å². The SMILES string of the molecule is CSc1ccc(-c2ccc(C(N)CN)cc2)cc1. The average Bonchev–Trinajstić information content (AvgIpc) is 2.47. The van der Waals surface area contributed by atoms with Crippen molar-refractivity contribution in [2.75, 3.05) is 12.8 Å². The summed E-state index contributed by atoms with van der Waals surface area (Å²) in [6.07, 6.45) is 2.08. The number of benzene rings is 2. The fourth-order valence-electron chi connectivity index (χ4n) is 1.84. The van der Waals surface area contributed by atoms with Gasteiger partial charge in [-0.3, -0.25) is 0 Å². The van der Waals surface area contributed by atoms with Crippen LogP contribution in [0.5, 0.6) is 0 Å². The van der Waals surface area contributed by atoms with E-state index in [4.69, 9.17) is 11.5 Å². The van der Waals surface area contributed by atoms with Gasteiger partial charge >= 0.3 is 0 Å². The Kier molecular flexibility index (Phi) is 4.42. The van der Waals surface area contributed by atoms with Gasteiger partial charge in [0, 0.05) is 17.5 Å². The summed E-state index contributed by atoms with van der Waals surface area (Å²) in [7, 11) is 0. The van der Waals surface area contributed by atoms with Crippen molar-refractivity contribution in [2.45, 2.75) is 10.9 Å². The zero-order valence-electron chi connectivity index (χ0n) is 10.5. The highest BCUT2D eigenvalue weighted by atomic mass is 32.2. The first-order chi connectivity index (χ1) is 8.74. The van der Waals surface area contributed by atoms with E-state index in [9.17, 15) is 0 Å². The maximum atomic E-state index is 5.89. The van der Waals surface area contributed by atoms with E-state index in [1.807, 2.05) is 0 Å². The molecule has 2 rings (SSSR count). The van der Waals surface area contributed by atoms with Crippen molar-refractivity contribution in [1.29, 1.82) is 0 Å². The van der Waals surface area contributed by atoms with Crippen LogP contribution in [0.2, 0.25) is 0 Å². The van der Waals surface area contributed by atoms with Gasteiger partial charge < -0.3 is 11.5 Å². The molecule has 3 heteroatoms. The molecule has 0 bridgehead atoms. The van der Waals surface area contributed by atoms with Crippen LogP contribution in [0, 0.1) is 0 Å². The summed E-state index contributed by atoms with van der Waals surface area (Å²) >= 11 is 1.75. The molecule has 0 aliphatic carbocycles. The molecule has 1 atom stereocenters. The van der Waals surface area contributed by atoms with Crippen LogP contribution in [-0.2, 0) is 0 Å². The summed E-state index contributed by atoms with van der Waals surface area (Å²) in [5.41, 5.74) is 15.0. The lowest BCUT2D eigenvalue weighted by Crippen LogP contribution is -2.20. The minimum Gasteiger partial charge on any atom is -0.329 e. The van der Waals surface area contributed by atoms with Crippen LogP contribution in [0.4, 0.5) is 0 Å². The largest absolute Gasteiger partial charge is 0.329 e. The van der Waals surface area contributed by atoms with Gasteiger partial charge in [-0.2, -0.15) is 0 Å². The van der Waals surface area contributed by atoms with Gasteiger partial charge in [-0.15, -0.1) is 11.8 Å². The quantitative estimate of drug-likeness (QED) is 0.829. The van der Waals surface area contributed by atoms with Gasteiger partial charge in [-0.1, -0.05) is 36.4 Å². The number of thioether (sulfide) groups is 1. The average molecular weight is 258 g/mol. The van der Waals surface area contributed by atoms with Crippen LogP contribution in [0.15, 0.2) is 53.4 Å². The Hall–Kier alpha value is -1.29. The molecule has 0 spiro atoms. The van der Waals surface area contributed by atoms with Gasteiger partial charge in [0.1, 0.15) is 0 Å². The molecule has 4 N–H and O–H groups in total. The number of hydrogen-bond acceptors (Lipinski definition) is 3. The van der Waals surface area contributed by atoms with Crippen LogP contribution in [0.1, 0.15) is 11.6 Å². The van der Waals surface area contributed by atoms with E-state index in [1.54, 1.807) is 11.8 Å². The molecule has 0 amide bonds. The summed E-state index contributed by atoms with van der Waals surface area (Å²) in [5, 5.41) is 0. The van der Waals surface area contributed by atoms with Gasteiger partial charge in [0.2, 0.25) is 0 Å². The number of hydrogen-bond donors (Lipinski definition) is 2. The minimum atomic E-state index is -0.0714. The van der Waals surface area contributed by atoms with E-state index < -0.39 is 0 Å². The molecule has 0 saturated heterocycles. The van der Waals surface area contributed by atoms with Crippen molar-refractivity contribution in [3.05, 3.63) is 54.1 Å². The minimum absolute atomic E-state index is 0.0714. The summed E-state index contributed by atoms with van der Waals surface area (Å²) in [4.78, 5) is 1.28. The summed E-state index contributed by atoms with van der Waals surface area (Å²) in [6.45, 7) is 0.474. The van der Waals surface area contributed by atoms with Crippen molar-refractivity contribution in [2.24, 2.45) is 11.5 Å². The Balaban J connectivity index is 2.22. The standard InChI is InChI=1S/C15H18N2S/c1-18-14-8-6-12(7-9-14)11-2-4-13(5-3-11)15(17)10-16/h2-9,15H,10,16-17H2,1H3. The second-order valence-corrected chi connectivity index (χ2v) is 5.07. The number of rotatable bonds is 4. The van der Waals surface area contributed by atoms with Gasteiger partial charge in [0.05, 0.1) is 0 Å². The third kappa shape index (κ3) is 2.93. The molecule has 2 nitrogen and oxygen atoms in total. The highest BCUT2D eigenvalue weighted by Gasteiger charge is 2.03. The van der Waals surface area contributed by atoms with Crippen LogP contribution in [-0.4, -0.2) is 12.8 Å². The number of nitrogens with two attached hydrogens (primary N) is 2. The molecule has 0 aliphatic heterocycles. The molecule has 18 heavy (non-hydrogen) atoms. The van der Waals surface area contributed by atoms with E-state index in [0.29, 0.717) is 6.54 Å². The van der Waals surface area contributed by atoms with Crippen molar-refractivity contribution in [3.63, 3.8) is 0 Å². The van der Waals surface area contributed by atoms with Gasteiger partial charge in [0.25, 0.3) is 0 Å². The maximum Gasteiger partial charge on any atom is 0.0419 e. The second kappa shape index (κ2) is 6.05. The lowest BCUT2D eigenvalue weighted by molar-refractivity contribution is 0.737. The molecule has 0 aliphatic rings. The first-order valence-corrected chi connectivity index (χ1v) is 7.17. The third-order valence-corrected chi connectivity index (χ3v) is 3.76. The highest BCUT2D eigenvalue weighted by Crippen LogP contribution is 2.24. The summed E-state index contributed by atoms with van der Waals surface area (Å²) in [5.74, 6) is 0. The molecule has 2 aromatic carbocycles. The molecule has 0 heterocycles. The van der Waals surface area contributed by atoms with E-state index in [0.717, 1.165) is 5.56 Å². The van der Waals surface area contributed by atoms with E-state index in [-0.39, 0.29) is 6.04 Å². The first-order valence-electron chi connectivity index (χ1n) is 5.94. The van der Waals surface area contributed by atoms with Crippen molar-refractivity contribution in [3.8, 4) is 11.1 Å². The third-order valence-electron chi connectivity index (χ3n) is 3.02. The van der Waals surface area contributed by atoms with Crippen LogP contribution < -0.4 is 11.5 Å². The Morgan fingerprint density at radius 2 is 1.44 bits per heavy atom. The van der Waals surface area contributed by atoms with E-state index in [1.165, 1.54) is 16.0 Å². The Morgan fingerprint density at radius 3 is 1.89 bits per heavy atom. The van der Waals surface area contributed by atoms with Crippen molar-refractivity contribution < 1.29 is 0 Å². The van der Waals surface area contributed by atoms with Crippen molar-refractivity contribution >= 4 is 11.8 Å². The molecule has 0 aromatic heterocycles. The Morgan fingerprint density at radius 1 is 0.944 bits per heavy atom. The van der Waals surface area contributed by atoms with Crippen LogP contribution >= 0.6 is 11.8 Å². The van der Waals surface area contributed by atoms with Gasteiger partial charge in [-0.25, -0.2) is 0 Å². The van der Waals surface area contributed by atoms with Crippen LogP contribution in [0.25, 0.3) is 11.1 Å². The lowest BCUT2D eigenvalue weighted by Gasteiger charge is -2.10. The van der Waals surface area contributed by atoms with E-state index >= 15 is 0 Å². The fourth-order valence-corrected chi connectivity index (χ4v) is 2.25. The predicted octanol–water partition coefficient (Wildman–Crippen LogP) is 3.03. The zero-order valence-corrected chi connectivity index (χ0v) is 11.3. The summed E-state index contributed by atoms with van der Waals surface area (Å²) < 4.78 is 0. The lowest BCUT2D eigenvalue weighted by atomic mass is 10.0. The smallest absolute Gasteiger partial charge is 0.0419 e. The first kappa shape index (κ1) is 13.1. The topological polar surface area (TPSA) is 52.0 Å². The predicted molar refractivity (Wildman–Crippen MR) is 79.6 cm³/mol. The highest BCUT2D eigenvalue weighted by molar-refractivity contribution is 7.98. The van der Waals surface area contributed by atoms with Crippen LogP contribution in [0.3, 0.4) is 0 Å². The summed E-state index contributed by atoms with van der Waals surface area (Å²) in [6, 6.07) is 16.8. The molecule has 0 saturated carbocycles. The molecule has 94 valence electrons.